The topological polar surface area (TPSA) is 32.3 Å². The molecule has 0 atom stereocenters. The third-order valence-corrected chi connectivity index (χ3v) is 4.82. The Kier molecular flexibility index (Phi) is 5.46. The van der Waals surface area contributed by atoms with Gasteiger partial charge in [0.25, 0.3) is 5.91 Å². The molecule has 3 nitrogen and oxygen atoms in total. The predicted octanol–water partition coefficient (Wildman–Crippen LogP) is 4.51. The number of rotatable bonds is 5. The molecule has 0 saturated carbocycles. The highest BCUT2D eigenvalue weighted by molar-refractivity contribution is 8.26. The van der Waals surface area contributed by atoms with E-state index in [4.69, 9.17) is 12.2 Å². The van der Waals surface area contributed by atoms with Crippen LogP contribution in [-0.2, 0) is 4.79 Å². The van der Waals surface area contributed by atoms with Gasteiger partial charge in [0.2, 0.25) is 0 Å². The minimum atomic E-state index is -0.0638. The Morgan fingerprint density at radius 3 is 2.42 bits per heavy atom. The third-order valence-electron chi connectivity index (χ3n) is 3.42. The maximum atomic E-state index is 12.5. The fourth-order valence-corrected chi connectivity index (χ4v) is 3.39. The molecule has 0 bridgehead atoms. The molecule has 0 unspecified atom stereocenters. The van der Waals surface area contributed by atoms with Gasteiger partial charge < -0.3 is 5.32 Å². The number of anilines is 1. The first kappa shape index (κ1) is 16.5. The summed E-state index contributed by atoms with van der Waals surface area (Å²) in [4.78, 5) is 14.7. The molecule has 24 heavy (non-hydrogen) atoms. The van der Waals surface area contributed by atoms with E-state index in [-0.39, 0.29) is 5.91 Å². The van der Waals surface area contributed by atoms with Crippen LogP contribution >= 0.6 is 24.0 Å². The number of carbonyl (C=O) groups is 1. The lowest BCUT2D eigenvalue weighted by Crippen LogP contribution is -2.33. The zero-order chi connectivity index (χ0) is 16.8. The van der Waals surface area contributed by atoms with E-state index in [9.17, 15) is 4.79 Å². The maximum Gasteiger partial charge on any atom is 0.267 e. The number of para-hydroxylation sites is 1. The Balaban J connectivity index is 1.63. The van der Waals surface area contributed by atoms with Crippen molar-refractivity contribution in [1.82, 2.24) is 4.90 Å². The number of amides is 1. The lowest BCUT2D eigenvalue weighted by Gasteiger charge is -2.16. The molecule has 1 N–H and O–H groups in total. The van der Waals surface area contributed by atoms with Gasteiger partial charge in [-0.25, -0.2) is 0 Å². The molecule has 0 aromatic heterocycles. The van der Waals surface area contributed by atoms with Crippen molar-refractivity contribution in [2.24, 2.45) is 0 Å². The zero-order valence-corrected chi connectivity index (χ0v) is 14.5. The smallest absolute Gasteiger partial charge is 0.267 e. The van der Waals surface area contributed by atoms with Crippen LogP contribution in [0.2, 0.25) is 0 Å². The summed E-state index contributed by atoms with van der Waals surface area (Å²) in [5.74, 6) is -0.0638. The molecule has 5 heteroatoms. The van der Waals surface area contributed by atoms with Crippen LogP contribution in [0.15, 0.2) is 77.7 Å². The highest BCUT2D eigenvalue weighted by atomic mass is 32.2. The van der Waals surface area contributed by atoms with Crippen LogP contribution in [-0.4, -0.2) is 21.8 Å². The number of thiocarbonyl (C=S) groups is 1. The van der Waals surface area contributed by atoms with Gasteiger partial charge in [-0.15, -0.1) is 0 Å². The number of hydrogen-bond acceptors (Lipinski definition) is 4. The van der Waals surface area contributed by atoms with E-state index in [1.807, 2.05) is 78.9 Å². The molecule has 1 amide bonds. The normalized spacial score (nSPS) is 16.3. The number of allylic oxidation sites excluding steroid dienone is 2. The van der Waals surface area contributed by atoms with Gasteiger partial charge in [0, 0.05) is 5.69 Å². The van der Waals surface area contributed by atoms with Crippen LogP contribution in [0.4, 0.5) is 5.69 Å². The molecule has 1 heterocycles. The van der Waals surface area contributed by atoms with Crippen molar-refractivity contribution in [1.29, 1.82) is 0 Å². The second-order valence-corrected chi connectivity index (χ2v) is 6.78. The van der Waals surface area contributed by atoms with Crippen molar-refractivity contribution in [2.45, 2.75) is 0 Å². The second kappa shape index (κ2) is 7.95. The van der Waals surface area contributed by atoms with Gasteiger partial charge in [-0.05, 0) is 23.8 Å². The van der Waals surface area contributed by atoms with Crippen molar-refractivity contribution in [3.63, 3.8) is 0 Å². The van der Waals surface area contributed by atoms with Crippen LogP contribution in [0.1, 0.15) is 5.56 Å². The largest absolute Gasteiger partial charge is 0.367 e. The fourth-order valence-electron chi connectivity index (χ4n) is 2.19. The Hall–Kier alpha value is -2.37. The highest BCUT2D eigenvalue weighted by Gasteiger charge is 2.31. The zero-order valence-electron chi connectivity index (χ0n) is 12.9. The van der Waals surface area contributed by atoms with Gasteiger partial charge in [-0.3, -0.25) is 9.69 Å². The molecule has 1 aliphatic heterocycles. The van der Waals surface area contributed by atoms with Crippen LogP contribution < -0.4 is 5.32 Å². The quantitative estimate of drug-likeness (QED) is 0.634. The molecule has 120 valence electrons. The summed E-state index contributed by atoms with van der Waals surface area (Å²) in [7, 11) is 0. The van der Waals surface area contributed by atoms with E-state index in [2.05, 4.69) is 5.32 Å². The van der Waals surface area contributed by atoms with Gasteiger partial charge in [0.1, 0.15) is 4.32 Å². The Morgan fingerprint density at radius 2 is 1.71 bits per heavy atom. The van der Waals surface area contributed by atoms with E-state index in [1.54, 1.807) is 4.90 Å². The molecule has 0 spiro atoms. The third kappa shape index (κ3) is 4.13. The average molecular weight is 352 g/mol. The van der Waals surface area contributed by atoms with Gasteiger partial charge >= 0.3 is 0 Å². The fraction of sp³-hybridized carbons (Fsp3) is 0.0526. The first-order chi connectivity index (χ1) is 11.7. The van der Waals surface area contributed by atoms with Crippen molar-refractivity contribution >= 4 is 46.0 Å². The first-order valence-electron chi connectivity index (χ1n) is 7.50. The molecular formula is C19H16N2OS2. The van der Waals surface area contributed by atoms with Crippen molar-refractivity contribution in [2.75, 3.05) is 12.0 Å². The maximum absolute atomic E-state index is 12.5. The van der Waals surface area contributed by atoms with E-state index in [1.165, 1.54) is 11.8 Å². The lowest BCUT2D eigenvalue weighted by atomic mass is 10.2. The van der Waals surface area contributed by atoms with Gasteiger partial charge in [-0.2, -0.15) is 0 Å². The molecule has 2 aromatic rings. The monoisotopic (exact) mass is 352 g/mol. The summed E-state index contributed by atoms with van der Waals surface area (Å²) >= 11 is 6.65. The average Bonchev–Trinajstić information content (AvgIpc) is 2.89. The highest BCUT2D eigenvalue weighted by Crippen LogP contribution is 2.30. The van der Waals surface area contributed by atoms with E-state index >= 15 is 0 Å². The van der Waals surface area contributed by atoms with Crippen LogP contribution in [0.5, 0.6) is 0 Å². The lowest BCUT2D eigenvalue weighted by molar-refractivity contribution is -0.121. The Labute approximate surface area is 151 Å². The number of nitrogens with zero attached hydrogens (tertiary/aromatic N) is 1. The van der Waals surface area contributed by atoms with Crippen molar-refractivity contribution < 1.29 is 4.79 Å². The SMILES string of the molecule is O=C1/C(=C/C=C/c2ccccc2)SC(=S)N1CNc1ccccc1. The predicted molar refractivity (Wildman–Crippen MR) is 106 cm³/mol. The number of nitrogens with one attached hydrogen (secondary N) is 1. The van der Waals surface area contributed by atoms with Crippen molar-refractivity contribution in [3.05, 3.63) is 83.3 Å². The van der Waals surface area contributed by atoms with Crippen LogP contribution in [0.25, 0.3) is 6.08 Å². The molecular weight excluding hydrogens is 336 g/mol. The first-order valence-corrected chi connectivity index (χ1v) is 8.72. The number of carbonyl (C=O) groups excluding carboxylic acids is 1. The van der Waals surface area contributed by atoms with Crippen molar-refractivity contribution in [3.8, 4) is 0 Å². The van der Waals surface area contributed by atoms with Gasteiger partial charge in [0.05, 0.1) is 11.6 Å². The molecule has 1 fully saturated rings. The summed E-state index contributed by atoms with van der Waals surface area (Å²) in [5, 5.41) is 3.21. The summed E-state index contributed by atoms with van der Waals surface area (Å²) in [6, 6.07) is 19.7. The molecule has 0 radical (unpaired) electrons. The number of benzene rings is 2. The number of hydrogen-bond donors (Lipinski definition) is 1. The Morgan fingerprint density at radius 1 is 1.04 bits per heavy atom. The van der Waals surface area contributed by atoms with E-state index in [0.717, 1.165) is 11.3 Å². The standard InChI is InChI=1S/C19H16N2OS2/c22-18-17(13-7-10-15-8-3-1-4-9-15)24-19(23)21(18)14-20-16-11-5-2-6-12-16/h1-13,20H,14H2/b10-7+,17-13-. The van der Waals surface area contributed by atoms with Crippen LogP contribution in [0, 0.1) is 0 Å². The minimum Gasteiger partial charge on any atom is -0.367 e. The minimum absolute atomic E-state index is 0.0638. The molecule has 1 saturated heterocycles. The van der Waals surface area contributed by atoms with Crippen LogP contribution in [0.3, 0.4) is 0 Å². The number of thioether (sulfide) groups is 1. The van der Waals surface area contributed by atoms with Gasteiger partial charge in [-0.1, -0.05) is 84.7 Å². The summed E-state index contributed by atoms with van der Waals surface area (Å²) < 4.78 is 0.572. The summed E-state index contributed by atoms with van der Waals surface area (Å²) in [6.45, 7) is 0.369. The molecule has 2 aromatic carbocycles. The second-order valence-electron chi connectivity index (χ2n) is 5.10. The summed E-state index contributed by atoms with van der Waals surface area (Å²) in [6.07, 6.45) is 5.66. The molecule has 3 rings (SSSR count). The molecule has 0 aliphatic carbocycles. The Bertz CT molecular complexity index is 786. The van der Waals surface area contributed by atoms with E-state index < -0.39 is 0 Å². The molecule has 1 aliphatic rings. The summed E-state index contributed by atoms with van der Waals surface area (Å²) in [5.41, 5.74) is 2.05. The van der Waals surface area contributed by atoms with Gasteiger partial charge in [0.15, 0.2) is 0 Å². The van der Waals surface area contributed by atoms with E-state index in [0.29, 0.717) is 15.9 Å².